The molecular formula is C12H17F2N3O. The summed E-state index contributed by atoms with van der Waals surface area (Å²) >= 11 is 0. The SMILES string of the molecule is CN(C)CCCNC(=O)Nc1c(F)cccc1F. The van der Waals surface area contributed by atoms with E-state index in [0.29, 0.717) is 6.54 Å². The van der Waals surface area contributed by atoms with Crippen LogP contribution in [-0.2, 0) is 0 Å². The first-order chi connectivity index (χ1) is 8.50. The first-order valence-electron chi connectivity index (χ1n) is 5.64. The molecule has 0 fully saturated rings. The van der Waals surface area contributed by atoms with Crippen LogP contribution in [0.3, 0.4) is 0 Å². The van der Waals surface area contributed by atoms with E-state index in [-0.39, 0.29) is 0 Å². The lowest BCUT2D eigenvalue weighted by molar-refractivity contribution is 0.251. The normalized spacial score (nSPS) is 10.5. The van der Waals surface area contributed by atoms with Crippen LogP contribution < -0.4 is 10.6 Å². The van der Waals surface area contributed by atoms with Gasteiger partial charge in [-0.15, -0.1) is 0 Å². The van der Waals surface area contributed by atoms with Gasteiger partial charge in [-0.3, -0.25) is 0 Å². The van der Waals surface area contributed by atoms with Crippen LogP contribution >= 0.6 is 0 Å². The highest BCUT2D eigenvalue weighted by Gasteiger charge is 2.10. The Hall–Kier alpha value is -1.69. The maximum absolute atomic E-state index is 13.2. The minimum absolute atomic E-state index is 0.428. The highest BCUT2D eigenvalue weighted by atomic mass is 19.1. The van der Waals surface area contributed by atoms with E-state index < -0.39 is 23.4 Å². The van der Waals surface area contributed by atoms with Crippen LogP contribution in [0, 0.1) is 11.6 Å². The molecule has 0 aliphatic carbocycles. The lowest BCUT2D eigenvalue weighted by atomic mass is 10.3. The van der Waals surface area contributed by atoms with Gasteiger partial charge in [-0.1, -0.05) is 6.07 Å². The van der Waals surface area contributed by atoms with E-state index in [1.54, 1.807) is 0 Å². The van der Waals surface area contributed by atoms with Gasteiger partial charge in [0.15, 0.2) is 0 Å². The quantitative estimate of drug-likeness (QED) is 0.793. The number of benzene rings is 1. The Bertz CT molecular complexity index is 390. The Morgan fingerprint density at radius 1 is 1.28 bits per heavy atom. The largest absolute Gasteiger partial charge is 0.338 e. The van der Waals surface area contributed by atoms with E-state index in [4.69, 9.17) is 0 Å². The number of para-hydroxylation sites is 1. The molecule has 1 aromatic carbocycles. The third-order valence-corrected chi connectivity index (χ3v) is 2.27. The fraction of sp³-hybridized carbons (Fsp3) is 0.417. The topological polar surface area (TPSA) is 44.4 Å². The number of amides is 2. The lowest BCUT2D eigenvalue weighted by Gasteiger charge is -2.11. The summed E-state index contributed by atoms with van der Waals surface area (Å²) in [6.45, 7) is 1.27. The van der Waals surface area contributed by atoms with Gasteiger partial charge in [0.05, 0.1) is 0 Å². The molecule has 0 aliphatic heterocycles. The number of carbonyl (C=O) groups excluding carboxylic acids is 1. The number of urea groups is 1. The molecule has 0 radical (unpaired) electrons. The number of halogens is 2. The standard InChI is InChI=1S/C12H17F2N3O/c1-17(2)8-4-7-15-12(18)16-11-9(13)5-3-6-10(11)14/h3,5-6H,4,7-8H2,1-2H3,(H2,15,16,18). The molecule has 0 bridgehead atoms. The van der Waals surface area contributed by atoms with Crippen molar-refractivity contribution in [2.45, 2.75) is 6.42 Å². The molecule has 0 unspecified atom stereocenters. The van der Waals surface area contributed by atoms with Crippen LogP contribution in [0.4, 0.5) is 19.3 Å². The third kappa shape index (κ3) is 4.67. The smallest absolute Gasteiger partial charge is 0.319 e. The minimum Gasteiger partial charge on any atom is -0.338 e. The van der Waals surface area contributed by atoms with Gasteiger partial charge in [0.25, 0.3) is 0 Å². The maximum atomic E-state index is 13.2. The van der Waals surface area contributed by atoms with Crippen LogP contribution in [0.15, 0.2) is 18.2 Å². The van der Waals surface area contributed by atoms with Crippen LogP contribution in [0.2, 0.25) is 0 Å². The predicted molar refractivity (Wildman–Crippen MR) is 66.6 cm³/mol. The fourth-order valence-electron chi connectivity index (χ4n) is 1.37. The molecule has 2 N–H and O–H groups in total. The highest BCUT2D eigenvalue weighted by molar-refractivity contribution is 5.89. The second kappa shape index (κ2) is 6.90. The van der Waals surface area contributed by atoms with E-state index in [0.717, 1.165) is 25.1 Å². The number of nitrogens with one attached hydrogen (secondary N) is 2. The molecule has 0 saturated carbocycles. The molecule has 0 atom stereocenters. The van der Waals surface area contributed by atoms with Gasteiger partial charge < -0.3 is 15.5 Å². The van der Waals surface area contributed by atoms with E-state index in [1.165, 1.54) is 6.07 Å². The van der Waals surface area contributed by atoms with Gasteiger partial charge >= 0.3 is 6.03 Å². The van der Waals surface area contributed by atoms with Crippen molar-refractivity contribution < 1.29 is 13.6 Å². The number of nitrogens with zero attached hydrogens (tertiary/aromatic N) is 1. The summed E-state index contributed by atoms with van der Waals surface area (Å²) in [5, 5.41) is 4.68. The summed E-state index contributed by atoms with van der Waals surface area (Å²) in [6.07, 6.45) is 0.764. The number of hydrogen-bond donors (Lipinski definition) is 2. The molecule has 2 amide bonds. The van der Waals surface area contributed by atoms with Crippen LogP contribution in [-0.4, -0.2) is 38.1 Å². The number of hydrogen-bond acceptors (Lipinski definition) is 2. The zero-order chi connectivity index (χ0) is 13.5. The summed E-state index contributed by atoms with van der Waals surface area (Å²) < 4.78 is 26.4. The molecule has 0 heterocycles. The molecule has 18 heavy (non-hydrogen) atoms. The molecule has 1 aromatic rings. The number of carbonyl (C=O) groups is 1. The average molecular weight is 257 g/mol. The first kappa shape index (κ1) is 14.4. The van der Waals surface area contributed by atoms with Gasteiger partial charge in [0, 0.05) is 6.54 Å². The second-order valence-electron chi connectivity index (χ2n) is 4.13. The average Bonchev–Trinajstić information content (AvgIpc) is 2.29. The minimum atomic E-state index is -0.793. The Balaban J connectivity index is 2.40. The van der Waals surface area contributed by atoms with Gasteiger partial charge in [-0.25, -0.2) is 13.6 Å². The Kier molecular flexibility index (Phi) is 5.51. The molecule has 100 valence electrons. The van der Waals surface area contributed by atoms with Crippen molar-refractivity contribution in [3.63, 3.8) is 0 Å². The van der Waals surface area contributed by atoms with Crippen molar-refractivity contribution in [2.24, 2.45) is 0 Å². The summed E-state index contributed by atoms with van der Waals surface area (Å²) in [5.74, 6) is -1.59. The molecule has 0 saturated heterocycles. The van der Waals surface area contributed by atoms with Crippen molar-refractivity contribution in [2.75, 3.05) is 32.5 Å². The number of rotatable bonds is 5. The Morgan fingerprint density at radius 3 is 2.44 bits per heavy atom. The summed E-state index contributed by atoms with van der Waals surface area (Å²) in [6, 6.07) is 2.80. The van der Waals surface area contributed by atoms with Gasteiger partial charge in [0.2, 0.25) is 0 Å². The highest BCUT2D eigenvalue weighted by Crippen LogP contribution is 2.17. The van der Waals surface area contributed by atoms with Gasteiger partial charge in [0.1, 0.15) is 17.3 Å². The van der Waals surface area contributed by atoms with Crippen molar-refractivity contribution in [3.8, 4) is 0 Å². The third-order valence-electron chi connectivity index (χ3n) is 2.27. The van der Waals surface area contributed by atoms with Gasteiger partial charge in [-0.2, -0.15) is 0 Å². The monoisotopic (exact) mass is 257 g/mol. The van der Waals surface area contributed by atoms with Crippen molar-refractivity contribution >= 4 is 11.7 Å². The summed E-state index contributed by atoms with van der Waals surface area (Å²) in [7, 11) is 3.85. The van der Waals surface area contributed by atoms with E-state index in [2.05, 4.69) is 10.6 Å². The molecule has 0 aromatic heterocycles. The second-order valence-corrected chi connectivity index (χ2v) is 4.13. The Labute approximate surface area is 105 Å². The van der Waals surface area contributed by atoms with Crippen LogP contribution in [0.25, 0.3) is 0 Å². The summed E-state index contributed by atoms with van der Waals surface area (Å²) in [5.41, 5.74) is -0.428. The predicted octanol–water partition coefficient (Wildman–Crippen LogP) is 2.04. The van der Waals surface area contributed by atoms with Crippen molar-refractivity contribution in [3.05, 3.63) is 29.8 Å². The van der Waals surface area contributed by atoms with E-state index in [1.807, 2.05) is 19.0 Å². The zero-order valence-corrected chi connectivity index (χ0v) is 10.5. The molecule has 0 aliphatic rings. The fourth-order valence-corrected chi connectivity index (χ4v) is 1.37. The van der Waals surface area contributed by atoms with Crippen LogP contribution in [0.5, 0.6) is 0 Å². The van der Waals surface area contributed by atoms with Crippen LogP contribution in [0.1, 0.15) is 6.42 Å². The molecule has 1 rings (SSSR count). The lowest BCUT2D eigenvalue weighted by Crippen LogP contribution is -2.31. The summed E-state index contributed by atoms with van der Waals surface area (Å²) in [4.78, 5) is 13.4. The van der Waals surface area contributed by atoms with E-state index >= 15 is 0 Å². The van der Waals surface area contributed by atoms with Crippen molar-refractivity contribution in [1.82, 2.24) is 10.2 Å². The molecule has 4 nitrogen and oxygen atoms in total. The molecule has 6 heteroatoms. The van der Waals surface area contributed by atoms with Crippen molar-refractivity contribution in [1.29, 1.82) is 0 Å². The first-order valence-corrected chi connectivity index (χ1v) is 5.64. The molecular weight excluding hydrogens is 240 g/mol. The Morgan fingerprint density at radius 2 is 1.89 bits per heavy atom. The number of anilines is 1. The van der Waals surface area contributed by atoms with Gasteiger partial charge in [-0.05, 0) is 39.2 Å². The zero-order valence-electron chi connectivity index (χ0n) is 10.5. The maximum Gasteiger partial charge on any atom is 0.319 e. The van der Waals surface area contributed by atoms with E-state index in [9.17, 15) is 13.6 Å². The molecule has 0 spiro atoms.